The summed E-state index contributed by atoms with van der Waals surface area (Å²) in [5.41, 5.74) is 1.87. The van der Waals surface area contributed by atoms with Crippen molar-refractivity contribution in [3.05, 3.63) is 54.1 Å². The summed E-state index contributed by atoms with van der Waals surface area (Å²) in [6, 6.07) is 15.4. The van der Waals surface area contributed by atoms with Crippen molar-refractivity contribution in [3.63, 3.8) is 0 Å². The van der Waals surface area contributed by atoms with E-state index >= 15 is 0 Å². The summed E-state index contributed by atoms with van der Waals surface area (Å²) in [7, 11) is 1.62. The van der Waals surface area contributed by atoms with E-state index < -0.39 is 0 Å². The molecule has 2 aromatic carbocycles. The fraction of sp³-hybridized carbons (Fsp3) is 0.350. The highest BCUT2D eigenvalue weighted by Gasteiger charge is 2.22. The normalized spacial score (nSPS) is 14.3. The maximum absolute atomic E-state index is 12.6. The molecule has 1 saturated heterocycles. The van der Waals surface area contributed by atoms with Crippen molar-refractivity contribution in [2.75, 3.05) is 44.8 Å². The predicted octanol–water partition coefficient (Wildman–Crippen LogP) is 3.06. The first-order valence-corrected chi connectivity index (χ1v) is 8.62. The van der Waals surface area contributed by atoms with Crippen molar-refractivity contribution in [2.24, 2.45) is 0 Å². The van der Waals surface area contributed by atoms with E-state index in [0.717, 1.165) is 37.7 Å². The monoisotopic (exact) mass is 340 g/mol. The molecule has 0 unspecified atom stereocenters. The standard InChI is InChI=1S/C20H24N2O3/c1-3-25-19-10-6-17(7-11-19)21-12-14-22(15-13-21)20(23)16-4-8-18(24-2)9-5-16/h4-11H,3,12-15H2,1-2H3. The van der Waals surface area contributed by atoms with Gasteiger partial charge in [0.1, 0.15) is 11.5 Å². The van der Waals surface area contributed by atoms with Crippen LogP contribution in [0.1, 0.15) is 17.3 Å². The number of rotatable bonds is 5. The van der Waals surface area contributed by atoms with E-state index in [4.69, 9.17) is 9.47 Å². The van der Waals surface area contributed by atoms with Crippen LogP contribution in [0.2, 0.25) is 0 Å². The van der Waals surface area contributed by atoms with Gasteiger partial charge in [-0.25, -0.2) is 0 Å². The molecule has 0 bridgehead atoms. The van der Waals surface area contributed by atoms with E-state index in [9.17, 15) is 4.79 Å². The number of carbonyl (C=O) groups is 1. The Morgan fingerprint density at radius 2 is 1.52 bits per heavy atom. The number of methoxy groups -OCH3 is 1. The van der Waals surface area contributed by atoms with Crippen LogP contribution in [0.4, 0.5) is 5.69 Å². The van der Waals surface area contributed by atoms with E-state index in [1.165, 1.54) is 5.69 Å². The molecule has 132 valence electrons. The van der Waals surface area contributed by atoms with Crippen molar-refractivity contribution >= 4 is 11.6 Å². The van der Waals surface area contributed by atoms with Crippen LogP contribution in [0, 0.1) is 0 Å². The second-order valence-electron chi connectivity index (χ2n) is 5.93. The highest BCUT2D eigenvalue weighted by atomic mass is 16.5. The average Bonchev–Trinajstić information content (AvgIpc) is 2.68. The summed E-state index contributed by atoms with van der Waals surface area (Å²) < 4.78 is 10.6. The van der Waals surface area contributed by atoms with Gasteiger partial charge in [0.05, 0.1) is 13.7 Å². The van der Waals surface area contributed by atoms with Crippen molar-refractivity contribution in [2.45, 2.75) is 6.92 Å². The minimum atomic E-state index is 0.0778. The average molecular weight is 340 g/mol. The quantitative estimate of drug-likeness (QED) is 0.839. The Morgan fingerprint density at radius 3 is 2.08 bits per heavy atom. The zero-order valence-electron chi connectivity index (χ0n) is 14.8. The largest absolute Gasteiger partial charge is 0.497 e. The molecule has 1 fully saturated rings. The number of nitrogens with zero attached hydrogens (tertiary/aromatic N) is 2. The van der Waals surface area contributed by atoms with Crippen LogP contribution in [0.3, 0.4) is 0 Å². The van der Waals surface area contributed by atoms with Gasteiger partial charge in [-0.2, -0.15) is 0 Å². The summed E-state index contributed by atoms with van der Waals surface area (Å²) in [6.07, 6.45) is 0. The first kappa shape index (κ1) is 17.1. The second kappa shape index (κ2) is 7.92. The third-order valence-electron chi connectivity index (χ3n) is 4.42. The van der Waals surface area contributed by atoms with Gasteiger partial charge in [0, 0.05) is 37.4 Å². The Balaban J connectivity index is 1.58. The Bertz CT molecular complexity index is 690. The molecule has 25 heavy (non-hydrogen) atoms. The van der Waals surface area contributed by atoms with Gasteiger partial charge >= 0.3 is 0 Å². The molecular weight excluding hydrogens is 316 g/mol. The number of piperazine rings is 1. The molecular formula is C20H24N2O3. The number of hydrogen-bond acceptors (Lipinski definition) is 4. The number of anilines is 1. The lowest BCUT2D eigenvalue weighted by molar-refractivity contribution is 0.0747. The molecule has 5 heteroatoms. The molecule has 1 amide bonds. The van der Waals surface area contributed by atoms with Crippen molar-refractivity contribution < 1.29 is 14.3 Å². The molecule has 0 atom stereocenters. The first-order chi connectivity index (χ1) is 12.2. The van der Waals surface area contributed by atoms with Crippen molar-refractivity contribution in [3.8, 4) is 11.5 Å². The molecule has 3 rings (SSSR count). The van der Waals surface area contributed by atoms with Crippen LogP contribution < -0.4 is 14.4 Å². The third kappa shape index (κ3) is 4.05. The molecule has 1 aliphatic heterocycles. The minimum Gasteiger partial charge on any atom is -0.497 e. The number of benzene rings is 2. The van der Waals surface area contributed by atoms with Crippen LogP contribution in [0.5, 0.6) is 11.5 Å². The van der Waals surface area contributed by atoms with E-state index in [-0.39, 0.29) is 5.91 Å². The van der Waals surface area contributed by atoms with Gasteiger partial charge < -0.3 is 19.3 Å². The van der Waals surface area contributed by atoms with E-state index in [0.29, 0.717) is 12.2 Å². The molecule has 5 nitrogen and oxygen atoms in total. The molecule has 1 aliphatic rings. The van der Waals surface area contributed by atoms with Crippen LogP contribution in [-0.2, 0) is 0 Å². The van der Waals surface area contributed by atoms with Crippen LogP contribution in [0.25, 0.3) is 0 Å². The fourth-order valence-electron chi connectivity index (χ4n) is 3.00. The Kier molecular flexibility index (Phi) is 5.43. The maximum atomic E-state index is 12.6. The van der Waals surface area contributed by atoms with Gasteiger partial charge in [0.25, 0.3) is 5.91 Å². The molecule has 0 aromatic heterocycles. The lowest BCUT2D eigenvalue weighted by Crippen LogP contribution is -2.48. The van der Waals surface area contributed by atoms with Crippen LogP contribution in [0.15, 0.2) is 48.5 Å². The second-order valence-corrected chi connectivity index (χ2v) is 5.93. The molecule has 0 spiro atoms. The lowest BCUT2D eigenvalue weighted by Gasteiger charge is -2.36. The van der Waals surface area contributed by atoms with E-state index in [1.807, 2.05) is 48.2 Å². The first-order valence-electron chi connectivity index (χ1n) is 8.62. The topological polar surface area (TPSA) is 42.0 Å². The molecule has 0 saturated carbocycles. The van der Waals surface area contributed by atoms with Gasteiger partial charge in [-0.05, 0) is 55.5 Å². The summed E-state index contributed by atoms with van der Waals surface area (Å²) in [5.74, 6) is 1.73. The summed E-state index contributed by atoms with van der Waals surface area (Å²) in [4.78, 5) is 16.8. The van der Waals surface area contributed by atoms with E-state index in [1.54, 1.807) is 7.11 Å². The van der Waals surface area contributed by atoms with Gasteiger partial charge in [-0.3, -0.25) is 4.79 Å². The zero-order valence-corrected chi connectivity index (χ0v) is 14.8. The summed E-state index contributed by atoms with van der Waals surface area (Å²) in [6.45, 7) is 5.75. The molecule has 0 aliphatic carbocycles. The van der Waals surface area contributed by atoms with Gasteiger partial charge in [-0.15, -0.1) is 0 Å². The van der Waals surface area contributed by atoms with Crippen LogP contribution in [-0.4, -0.2) is 50.7 Å². The highest BCUT2D eigenvalue weighted by molar-refractivity contribution is 5.94. The Morgan fingerprint density at radius 1 is 0.920 bits per heavy atom. The van der Waals surface area contributed by atoms with Gasteiger partial charge in [0.15, 0.2) is 0 Å². The van der Waals surface area contributed by atoms with Gasteiger partial charge in [-0.1, -0.05) is 0 Å². The zero-order chi connectivity index (χ0) is 17.6. The molecule has 2 aromatic rings. The number of carbonyl (C=O) groups excluding carboxylic acids is 1. The minimum absolute atomic E-state index is 0.0778. The van der Waals surface area contributed by atoms with Crippen molar-refractivity contribution in [1.29, 1.82) is 0 Å². The lowest BCUT2D eigenvalue weighted by atomic mass is 10.1. The fourth-order valence-corrected chi connectivity index (χ4v) is 3.00. The summed E-state index contributed by atoms with van der Waals surface area (Å²) in [5, 5.41) is 0. The number of ether oxygens (including phenoxy) is 2. The SMILES string of the molecule is CCOc1ccc(N2CCN(C(=O)c3ccc(OC)cc3)CC2)cc1. The number of hydrogen-bond donors (Lipinski definition) is 0. The molecule has 0 N–H and O–H groups in total. The van der Waals surface area contributed by atoms with Gasteiger partial charge in [0.2, 0.25) is 0 Å². The highest BCUT2D eigenvalue weighted by Crippen LogP contribution is 2.21. The van der Waals surface area contributed by atoms with Crippen molar-refractivity contribution in [1.82, 2.24) is 4.90 Å². The Labute approximate surface area is 148 Å². The predicted molar refractivity (Wildman–Crippen MR) is 98.7 cm³/mol. The van der Waals surface area contributed by atoms with E-state index in [2.05, 4.69) is 17.0 Å². The smallest absolute Gasteiger partial charge is 0.253 e. The molecule has 0 radical (unpaired) electrons. The third-order valence-corrected chi connectivity index (χ3v) is 4.42. The Hall–Kier alpha value is -2.69. The maximum Gasteiger partial charge on any atom is 0.253 e. The van der Waals surface area contributed by atoms with Crippen LogP contribution >= 0.6 is 0 Å². The molecule has 1 heterocycles. The summed E-state index contributed by atoms with van der Waals surface area (Å²) >= 11 is 0. The number of amides is 1.